The van der Waals surface area contributed by atoms with E-state index < -0.39 is 10.7 Å². The lowest BCUT2D eigenvalue weighted by Crippen LogP contribution is -2.29. The highest BCUT2D eigenvalue weighted by molar-refractivity contribution is 9.10. The van der Waals surface area contributed by atoms with Gasteiger partial charge in [0, 0.05) is 19.2 Å². The summed E-state index contributed by atoms with van der Waals surface area (Å²) in [5.74, 6) is 0. The van der Waals surface area contributed by atoms with Crippen LogP contribution in [0.3, 0.4) is 0 Å². The summed E-state index contributed by atoms with van der Waals surface area (Å²) in [4.78, 5) is 0. The maximum atomic E-state index is 12.0. The van der Waals surface area contributed by atoms with Crippen LogP contribution in [0.4, 0.5) is 8.78 Å². The van der Waals surface area contributed by atoms with Crippen LogP contribution in [0.15, 0.2) is 11.2 Å². The third-order valence-electron chi connectivity index (χ3n) is 1.52. The first-order chi connectivity index (χ1) is 5.04. The molecule has 0 bridgehead atoms. The maximum absolute atomic E-state index is 12.0. The summed E-state index contributed by atoms with van der Waals surface area (Å²) in [7, 11) is 0. The number of hydrogen-bond donors (Lipinski definition) is 1. The first-order valence-corrected chi connectivity index (χ1v) is 4.28. The van der Waals surface area contributed by atoms with Crippen LogP contribution in [-0.2, 0) is 0 Å². The minimum absolute atomic E-state index is 0.255. The molecule has 0 aliphatic carbocycles. The Morgan fingerprint density at radius 1 is 1.82 bits per heavy atom. The van der Waals surface area contributed by atoms with Crippen molar-refractivity contribution < 1.29 is 8.78 Å². The van der Waals surface area contributed by atoms with Crippen molar-refractivity contribution in [2.45, 2.75) is 17.2 Å². The van der Waals surface area contributed by atoms with Crippen LogP contribution in [0.5, 0.6) is 0 Å². The lowest BCUT2D eigenvalue weighted by Gasteiger charge is -2.20. The smallest absolute Gasteiger partial charge is 0.240 e. The summed E-state index contributed by atoms with van der Waals surface area (Å²) >= 11 is 8.85. The first kappa shape index (κ1) is 9.26. The average Bonchev–Trinajstić information content (AvgIpc) is 2.11. The van der Waals surface area contributed by atoms with Gasteiger partial charge in [0.05, 0.1) is 9.36 Å². The highest BCUT2D eigenvalue weighted by atomic mass is 79.9. The van der Waals surface area contributed by atoms with Gasteiger partial charge in [0.1, 0.15) is 0 Å². The van der Waals surface area contributed by atoms with Gasteiger partial charge in [-0.1, -0.05) is 27.5 Å². The molecule has 0 saturated heterocycles. The van der Waals surface area contributed by atoms with Crippen molar-refractivity contribution in [2.75, 3.05) is 6.54 Å². The molecule has 0 fully saturated rings. The Hall–Kier alpha value is 0.170. The van der Waals surface area contributed by atoms with Gasteiger partial charge in [0.25, 0.3) is 0 Å². The van der Waals surface area contributed by atoms with E-state index in [0.29, 0.717) is 11.6 Å². The largest absolute Gasteiger partial charge is 0.388 e. The van der Waals surface area contributed by atoms with Crippen LogP contribution in [0.1, 0.15) is 6.42 Å². The van der Waals surface area contributed by atoms with E-state index in [4.69, 9.17) is 11.6 Å². The van der Waals surface area contributed by atoms with Crippen LogP contribution in [0.2, 0.25) is 0 Å². The minimum Gasteiger partial charge on any atom is -0.388 e. The Balaban J connectivity index is 2.60. The molecule has 64 valence electrons. The quantitative estimate of drug-likeness (QED) is 0.738. The molecule has 5 heteroatoms. The Morgan fingerprint density at radius 3 is 2.82 bits per heavy atom. The molecule has 1 heterocycles. The van der Waals surface area contributed by atoms with Crippen molar-refractivity contribution in [1.82, 2.24) is 5.32 Å². The highest BCUT2D eigenvalue weighted by Gasteiger charge is 2.36. The molecule has 1 rings (SSSR count). The molecule has 0 saturated carbocycles. The topological polar surface area (TPSA) is 12.0 Å². The zero-order chi connectivity index (χ0) is 8.48. The fourth-order valence-corrected chi connectivity index (χ4v) is 1.67. The summed E-state index contributed by atoms with van der Waals surface area (Å²) in [6.45, 7) is 0.427. The molecule has 0 aromatic rings. The van der Waals surface area contributed by atoms with Crippen molar-refractivity contribution in [3.05, 3.63) is 11.2 Å². The van der Waals surface area contributed by atoms with Crippen LogP contribution in [0, 0.1) is 0 Å². The minimum atomic E-state index is -2.34. The molecule has 0 aromatic carbocycles. The number of halogens is 4. The molecule has 11 heavy (non-hydrogen) atoms. The third kappa shape index (κ3) is 2.06. The summed E-state index contributed by atoms with van der Waals surface area (Å²) in [6, 6.07) is 0. The van der Waals surface area contributed by atoms with Crippen molar-refractivity contribution >= 4 is 27.5 Å². The van der Waals surface area contributed by atoms with Crippen LogP contribution >= 0.6 is 27.5 Å². The predicted molar refractivity (Wildman–Crippen MR) is 44.2 cm³/mol. The molecule has 1 N–H and O–H groups in total. The number of alkyl halides is 3. The molecule has 1 unspecified atom stereocenters. The van der Waals surface area contributed by atoms with E-state index in [9.17, 15) is 8.78 Å². The second-order valence-corrected chi connectivity index (χ2v) is 4.36. The van der Waals surface area contributed by atoms with E-state index in [1.807, 2.05) is 0 Å². The van der Waals surface area contributed by atoms with Crippen molar-refractivity contribution in [3.63, 3.8) is 0 Å². The first-order valence-electron chi connectivity index (χ1n) is 3.11. The highest BCUT2D eigenvalue weighted by Crippen LogP contribution is 2.37. The predicted octanol–water partition coefficient (Wildman–Crippen LogP) is 2.46. The van der Waals surface area contributed by atoms with Crippen molar-refractivity contribution in [1.29, 1.82) is 0 Å². The van der Waals surface area contributed by atoms with Gasteiger partial charge in [0.2, 0.25) is 6.43 Å². The van der Waals surface area contributed by atoms with Gasteiger partial charge in [-0.2, -0.15) is 0 Å². The Morgan fingerprint density at radius 2 is 2.45 bits per heavy atom. The summed E-state index contributed by atoms with van der Waals surface area (Å²) in [6.07, 6.45) is -1.05. The molecular formula is C6H7BrClF2N. The van der Waals surface area contributed by atoms with Crippen molar-refractivity contribution in [3.8, 4) is 0 Å². The standard InChI is InChI=1S/C6H7BrClF2N/c7-6(1-5(9)10)3-11-2-4(6)8/h2,5,11H,1,3H2. The van der Waals surface area contributed by atoms with E-state index >= 15 is 0 Å². The van der Waals surface area contributed by atoms with Crippen LogP contribution < -0.4 is 5.32 Å². The molecule has 1 aliphatic heterocycles. The number of rotatable bonds is 2. The number of nitrogens with one attached hydrogen (secondary N) is 1. The van der Waals surface area contributed by atoms with Gasteiger partial charge in [-0.25, -0.2) is 8.78 Å². The Labute approximate surface area is 76.9 Å². The lowest BCUT2D eigenvalue weighted by atomic mass is 10.1. The number of hydrogen-bond acceptors (Lipinski definition) is 1. The van der Waals surface area contributed by atoms with E-state index in [2.05, 4.69) is 21.2 Å². The average molecular weight is 246 g/mol. The van der Waals surface area contributed by atoms with Gasteiger partial charge in [-0.05, 0) is 0 Å². The molecule has 1 atom stereocenters. The maximum Gasteiger partial charge on any atom is 0.240 e. The monoisotopic (exact) mass is 245 g/mol. The van der Waals surface area contributed by atoms with Crippen molar-refractivity contribution in [2.24, 2.45) is 0 Å². The van der Waals surface area contributed by atoms with Gasteiger partial charge in [-0.15, -0.1) is 0 Å². The van der Waals surface area contributed by atoms with Crippen LogP contribution in [0.25, 0.3) is 0 Å². The summed E-state index contributed by atoms with van der Waals surface area (Å²) in [5, 5.41) is 3.21. The summed E-state index contributed by atoms with van der Waals surface area (Å²) < 4.78 is 23.2. The lowest BCUT2D eigenvalue weighted by molar-refractivity contribution is 0.130. The Bertz CT molecular complexity index is 185. The summed E-state index contributed by atoms with van der Waals surface area (Å²) in [5.41, 5.74) is 0. The van der Waals surface area contributed by atoms with E-state index in [1.54, 1.807) is 6.20 Å². The zero-order valence-corrected chi connectivity index (χ0v) is 7.92. The molecule has 1 nitrogen and oxygen atoms in total. The normalized spacial score (nSPS) is 30.5. The Kier molecular flexibility index (Phi) is 2.75. The fourth-order valence-electron chi connectivity index (χ4n) is 0.930. The zero-order valence-electron chi connectivity index (χ0n) is 5.58. The van der Waals surface area contributed by atoms with E-state index in [0.717, 1.165) is 0 Å². The van der Waals surface area contributed by atoms with Gasteiger partial charge in [0.15, 0.2) is 0 Å². The SMILES string of the molecule is FC(F)CC1(Br)CNC=C1Cl. The second kappa shape index (κ2) is 3.27. The van der Waals surface area contributed by atoms with Gasteiger partial charge in [-0.3, -0.25) is 0 Å². The second-order valence-electron chi connectivity index (χ2n) is 2.43. The van der Waals surface area contributed by atoms with Gasteiger partial charge >= 0.3 is 0 Å². The fraction of sp³-hybridized carbons (Fsp3) is 0.667. The molecule has 1 aliphatic rings. The van der Waals surface area contributed by atoms with E-state index in [1.165, 1.54) is 0 Å². The van der Waals surface area contributed by atoms with E-state index in [-0.39, 0.29) is 6.42 Å². The third-order valence-corrected chi connectivity index (χ3v) is 3.25. The van der Waals surface area contributed by atoms with Crippen LogP contribution in [-0.4, -0.2) is 17.3 Å². The molecule has 0 spiro atoms. The molecule has 0 amide bonds. The van der Waals surface area contributed by atoms with Gasteiger partial charge < -0.3 is 5.32 Å². The molecule has 0 aromatic heterocycles. The molecular weight excluding hydrogens is 239 g/mol. The molecule has 0 radical (unpaired) electrons.